The molecule has 0 saturated carbocycles. The number of fused-ring (bicyclic) bond motifs is 1. The first-order valence-corrected chi connectivity index (χ1v) is 11.0. The number of anilines is 1. The number of halogens is 2. The zero-order chi connectivity index (χ0) is 20.3. The number of hydrogen-bond donors (Lipinski definition) is 2. The number of rotatable bonds is 7. The lowest BCUT2D eigenvalue weighted by atomic mass is 10.1. The zero-order valence-corrected chi connectivity index (χ0v) is 17.3. The molecule has 2 aromatic rings. The van der Waals surface area contributed by atoms with E-state index in [4.69, 9.17) is 23.2 Å². The van der Waals surface area contributed by atoms with Gasteiger partial charge in [0.05, 0.1) is 10.7 Å². The Morgan fingerprint density at radius 3 is 2.50 bits per heavy atom. The van der Waals surface area contributed by atoms with Gasteiger partial charge in [0.2, 0.25) is 10.0 Å². The number of unbranched alkanes of at least 4 members (excludes halogenated alkanes) is 2. The van der Waals surface area contributed by atoms with Crippen LogP contribution in [0.1, 0.15) is 24.8 Å². The zero-order valence-electron chi connectivity index (χ0n) is 14.9. The van der Waals surface area contributed by atoms with Crippen LogP contribution in [0.2, 0.25) is 10.0 Å². The summed E-state index contributed by atoms with van der Waals surface area (Å²) in [5, 5.41) is 12.4. The first-order chi connectivity index (χ1) is 13.3. The van der Waals surface area contributed by atoms with Crippen molar-refractivity contribution in [1.82, 2.24) is 4.31 Å². The number of carbonyl (C=O) groups is 1. The Labute approximate surface area is 174 Å². The maximum atomic E-state index is 13.0. The van der Waals surface area contributed by atoms with E-state index in [0.717, 1.165) is 23.6 Å². The van der Waals surface area contributed by atoms with E-state index in [1.165, 1.54) is 17.7 Å². The van der Waals surface area contributed by atoms with E-state index < -0.39 is 22.2 Å². The summed E-state index contributed by atoms with van der Waals surface area (Å²) >= 11 is 12.0. The monoisotopic (exact) mass is 442 g/mol. The molecule has 2 aromatic carbocycles. The Balaban J connectivity index is 1.72. The van der Waals surface area contributed by atoms with Crippen molar-refractivity contribution in [1.29, 1.82) is 0 Å². The number of aryl methyl sites for hydroxylation is 1. The number of aliphatic carboxylic acids is 1. The van der Waals surface area contributed by atoms with E-state index >= 15 is 0 Å². The van der Waals surface area contributed by atoms with Crippen LogP contribution in [0.4, 0.5) is 5.69 Å². The maximum Gasteiger partial charge on any atom is 0.342 e. The fourth-order valence-corrected chi connectivity index (χ4v) is 5.77. The molecule has 0 bridgehead atoms. The average Bonchev–Trinajstić information content (AvgIpc) is 2.62. The smallest absolute Gasteiger partial charge is 0.342 e. The molecule has 0 fully saturated rings. The minimum Gasteiger partial charge on any atom is -0.479 e. The lowest BCUT2D eigenvalue weighted by Crippen LogP contribution is -2.53. The van der Waals surface area contributed by atoms with Crippen molar-refractivity contribution in [3.8, 4) is 0 Å². The predicted octanol–water partition coefficient (Wildman–Crippen LogP) is 4.23. The number of benzene rings is 2. The van der Waals surface area contributed by atoms with Gasteiger partial charge in [0.25, 0.3) is 0 Å². The molecule has 1 aliphatic rings. The predicted molar refractivity (Wildman–Crippen MR) is 109 cm³/mol. The van der Waals surface area contributed by atoms with Crippen molar-refractivity contribution in [2.75, 3.05) is 11.9 Å². The highest BCUT2D eigenvalue weighted by Crippen LogP contribution is 2.39. The Morgan fingerprint density at radius 1 is 1.11 bits per heavy atom. The number of sulfonamides is 1. The number of hydrogen-bond acceptors (Lipinski definition) is 4. The van der Waals surface area contributed by atoms with Gasteiger partial charge in [0.1, 0.15) is 4.90 Å². The molecule has 0 radical (unpaired) electrons. The molecule has 28 heavy (non-hydrogen) atoms. The van der Waals surface area contributed by atoms with Gasteiger partial charge in [0.15, 0.2) is 6.17 Å². The molecule has 0 saturated heterocycles. The Bertz CT molecular complexity index is 967. The van der Waals surface area contributed by atoms with E-state index in [2.05, 4.69) is 5.32 Å². The van der Waals surface area contributed by atoms with Crippen LogP contribution >= 0.6 is 23.2 Å². The van der Waals surface area contributed by atoms with E-state index in [-0.39, 0.29) is 27.2 Å². The van der Waals surface area contributed by atoms with E-state index in [1.54, 1.807) is 0 Å². The normalized spacial score (nSPS) is 18.3. The molecule has 0 spiro atoms. The largest absolute Gasteiger partial charge is 0.479 e. The first-order valence-electron chi connectivity index (χ1n) is 8.85. The quantitative estimate of drug-likeness (QED) is 0.626. The SMILES string of the molecule is O=C(O)C1Nc2cc(Cl)cc(Cl)c2S(=O)(=O)N1CCCCCc1ccccc1. The van der Waals surface area contributed by atoms with Gasteiger partial charge in [-0.05, 0) is 37.0 Å². The van der Waals surface area contributed by atoms with E-state index in [0.29, 0.717) is 6.42 Å². The molecular formula is C19H20Cl2N2O4S. The van der Waals surface area contributed by atoms with Crippen LogP contribution in [0.25, 0.3) is 0 Å². The number of carboxylic acids is 1. The van der Waals surface area contributed by atoms with Crippen molar-refractivity contribution in [2.24, 2.45) is 0 Å². The van der Waals surface area contributed by atoms with Gasteiger partial charge < -0.3 is 10.4 Å². The van der Waals surface area contributed by atoms with Crippen LogP contribution in [-0.4, -0.2) is 36.5 Å². The molecule has 2 N–H and O–H groups in total. The third-order valence-electron chi connectivity index (χ3n) is 4.58. The molecule has 1 atom stereocenters. The molecule has 0 amide bonds. The second-order valence-corrected chi connectivity index (χ2v) is 9.23. The lowest BCUT2D eigenvalue weighted by Gasteiger charge is -2.35. The number of nitrogens with one attached hydrogen (secondary N) is 1. The lowest BCUT2D eigenvalue weighted by molar-refractivity contribution is -0.140. The van der Waals surface area contributed by atoms with Gasteiger partial charge in [0, 0.05) is 11.6 Å². The summed E-state index contributed by atoms with van der Waals surface area (Å²) in [5.41, 5.74) is 1.32. The molecule has 1 aliphatic heterocycles. The van der Waals surface area contributed by atoms with Crippen LogP contribution < -0.4 is 5.32 Å². The Hall–Kier alpha value is -1.80. The van der Waals surface area contributed by atoms with Gasteiger partial charge in [-0.3, -0.25) is 0 Å². The average molecular weight is 443 g/mol. The van der Waals surface area contributed by atoms with Crippen LogP contribution in [0.3, 0.4) is 0 Å². The van der Waals surface area contributed by atoms with Gasteiger partial charge >= 0.3 is 5.97 Å². The summed E-state index contributed by atoms with van der Waals surface area (Å²) in [6.07, 6.45) is 1.69. The third kappa shape index (κ3) is 4.43. The second kappa shape index (κ2) is 8.69. The third-order valence-corrected chi connectivity index (χ3v) is 7.17. The van der Waals surface area contributed by atoms with Crippen LogP contribution in [0.15, 0.2) is 47.4 Å². The Morgan fingerprint density at radius 2 is 1.82 bits per heavy atom. The maximum absolute atomic E-state index is 13.0. The Kier molecular flexibility index (Phi) is 6.50. The van der Waals surface area contributed by atoms with E-state index in [1.807, 2.05) is 30.3 Å². The molecule has 0 aliphatic carbocycles. The summed E-state index contributed by atoms with van der Waals surface area (Å²) in [4.78, 5) is 11.5. The van der Waals surface area contributed by atoms with Crippen LogP contribution in [0, 0.1) is 0 Å². The van der Waals surface area contributed by atoms with Crippen molar-refractivity contribution >= 4 is 44.9 Å². The number of carboxylic acid groups (broad SMARTS) is 1. The minimum atomic E-state index is -4.06. The topological polar surface area (TPSA) is 86.7 Å². The van der Waals surface area contributed by atoms with Crippen molar-refractivity contribution < 1.29 is 18.3 Å². The van der Waals surface area contributed by atoms with Crippen molar-refractivity contribution in [3.63, 3.8) is 0 Å². The fourth-order valence-electron chi connectivity index (χ4n) is 3.26. The molecule has 9 heteroatoms. The second-order valence-electron chi connectivity index (χ2n) is 6.56. The number of nitrogens with zero attached hydrogens (tertiary/aromatic N) is 1. The molecule has 150 valence electrons. The summed E-state index contributed by atoms with van der Waals surface area (Å²) in [6.45, 7) is 0.0828. The summed E-state index contributed by atoms with van der Waals surface area (Å²) < 4.78 is 27.0. The summed E-state index contributed by atoms with van der Waals surface area (Å²) in [5.74, 6) is -1.28. The van der Waals surface area contributed by atoms with Crippen LogP contribution in [-0.2, 0) is 21.2 Å². The fraction of sp³-hybridized carbons (Fsp3) is 0.316. The molecule has 1 unspecified atom stereocenters. The molecule has 0 aromatic heterocycles. The summed E-state index contributed by atoms with van der Waals surface area (Å²) in [6, 6.07) is 12.7. The standard InChI is InChI=1S/C19H20Cl2N2O4S/c20-14-11-15(21)17-16(12-14)22-18(19(24)25)23(28(17,26)27)10-6-2-5-9-13-7-3-1-4-8-13/h1,3-4,7-8,11-12,18,22H,2,5-6,9-10H2,(H,24,25). The van der Waals surface area contributed by atoms with Crippen LogP contribution in [0.5, 0.6) is 0 Å². The highest BCUT2D eigenvalue weighted by atomic mass is 35.5. The van der Waals surface area contributed by atoms with Crippen molar-refractivity contribution in [2.45, 2.75) is 36.7 Å². The van der Waals surface area contributed by atoms with E-state index in [9.17, 15) is 18.3 Å². The van der Waals surface area contributed by atoms with Gasteiger partial charge in [-0.1, -0.05) is 60.0 Å². The molecule has 3 rings (SSSR count). The van der Waals surface area contributed by atoms with Crippen molar-refractivity contribution in [3.05, 3.63) is 58.1 Å². The molecule has 1 heterocycles. The molecule has 6 nitrogen and oxygen atoms in total. The minimum absolute atomic E-state index is 0.0343. The highest BCUT2D eigenvalue weighted by molar-refractivity contribution is 7.89. The summed E-state index contributed by atoms with van der Waals surface area (Å²) in [7, 11) is -4.06. The van der Waals surface area contributed by atoms with Gasteiger partial charge in [-0.2, -0.15) is 4.31 Å². The highest BCUT2D eigenvalue weighted by Gasteiger charge is 2.42. The first kappa shape index (κ1) is 20.9. The molecular weight excluding hydrogens is 423 g/mol. The van der Waals surface area contributed by atoms with Gasteiger partial charge in [-0.15, -0.1) is 0 Å². The van der Waals surface area contributed by atoms with Gasteiger partial charge in [-0.25, -0.2) is 13.2 Å².